The Morgan fingerprint density at radius 1 is 0.833 bits per heavy atom. The van der Waals surface area contributed by atoms with Crippen LogP contribution in [0, 0.1) is 20.8 Å². The molecule has 0 radical (unpaired) electrons. The molecule has 0 atom stereocenters. The third kappa shape index (κ3) is 2.42. The van der Waals surface area contributed by atoms with Crippen LogP contribution >= 0.6 is 0 Å². The smallest absolute Gasteiger partial charge is 0.0922 e. The molecular weight excluding hydrogens is 294 g/mol. The summed E-state index contributed by atoms with van der Waals surface area (Å²) in [4.78, 5) is 14.0. The lowest BCUT2D eigenvalue weighted by Crippen LogP contribution is -1.99. The number of fused-ring (bicyclic) bond motifs is 2. The molecule has 0 aliphatic heterocycles. The zero-order chi connectivity index (χ0) is 16.7. The molecule has 0 unspecified atom stereocenters. The molecule has 0 saturated carbocycles. The Kier molecular flexibility index (Phi) is 3.49. The summed E-state index contributed by atoms with van der Waals surface area (Å²) < 4.78 is 0. The molecule has 118 valence electrons. The molecule has 2 heterocycles. The molecule has 0 N–H and O–H groups in total. The van der Waals surface area contributed by atoms with E-state index in [1.54, 1.807) is 0 Å². The Morgan fingerprint density at radius 3 is 2.58 bits per heavy atom. The summed E-state index contributed by atoms with van der Waals surface area (Å²) in [5, 5.41) is 1.18. The largest absolute Gasteiger partial charge is 0.256 e. The van der Waals surface area contributed by atoms with Crippen molar-refractivity contribution >= 4 is 21.9 Å². The highest BCUT2D eigenvalue weighted by atomic mass is 14.8. The molecular formula is C21H19N3. The van der Waals surface area contributed by atoms with Crippen molar-refractivity contribution in [2.75, 3.05) is 0 Å². The second-order valence-electron chi connectivity index (χ2n) is 6.34. The summed E-state index contributed by atoms with van der Waals surface area (Å²) in [5.74, 6) is 0. The molecule has 0 saturated heterocycles. The molecule has 0 aliphatic rings. The van der Waals surface area contributed by atoms with E-state index in [1.807, 2.05) is 24.5 Å². The van der Waals surface area contributed by atoms with Gasteiger partial charge < -0.3 is 0 Å². The molecule has 0 amide bonds. The molecule has 4 rings (SSSR count). The Bertz CT molecular complexity index is 1070. The highest BCUT2D eigenvalue weighted by molar-refractivity contribution is 5.83. The molecule has 0 bridgehead atoms. The van der Waals surface area contributed by atoms with E-state index in [9.17, 15) is 0 Å². The van der Waals surface area contributed by atoms with E-state index in [0.29, 0.717) is 0 Å². The van der Waals surface area contributed by atoms with Crippen LogP contribution in [0.3, 0.4) is 0 Å². The topological polar surface area (TPSA) is 38.7 Å². The van der Waals surface area contributed by atoms with Crippen LogP contribution in [0.15, 0.2) is 48.8 Å². The average Bonchev–Trinajstić information content (AvgIpc) is 2.61. The van der Waals surface area contributed by atoms with Gasteiger partial charge in [0.2, 0.25) is 0 Å². The van der Waals surface area contributed by atoms with Crippen LogP contribution in [-0.2, 0) is 6.42 Å². The van der Waals surface area contributed by atoms with Gasteiger partial charge in [0.25, 0.3) is 0 Å². The number of pyridine rings is 1. The Morgan fingerprint density at radius 2 is 1.71 bits per heavy atom. The maximum atomic E-state index is 4.87. The third-order valence-corrected chi connectivity index (χ3v) is 4.80. The zero-order valence-corrected chi connectivity index (χ0v) is 14.2. The van der Waals surface area contributed by atoms with E-state index >= 15 is 0 Å². The first-order chi connectivity index (χ1) is 11.6. The molecule has 2 aromatic heterocycles. The number of nitrogens with zero attached hydrogens (tertiary/aromatic N) is 3. The monoisotopic (exact) mass is 313 g/mol. The summed E-state index contributed by atoms with van der Waals surface area (Å²) >= 11 is 0. The summed E-state index contributed by atoms with van der Waals surface area (Å²) in [7, 11) is 0. The minimum atomic E-state index is 0.772. The second kappa shape index (κ2) is 5.68. The van der Waals surface area contributed by atoms with E-state index in [4.69, 9.17) is 4.98 Å². The van der Waals surface area contributed by atoms with Crippen molar-refractivity contribution in [1.82, 2.24) is 15.0 Å². The summed E-state index contributed by atoms with van der Waals surface area (Å²) in [6.45, 7) is 6.36. The summed E-state index contributed by atoms with van der Waals surface area (Å²) in [6.07, 6.45) is 4.51. The van der Waals surface area contributed by atoms with Crippen LogP contribution in [0.2, 0.25) is 0 Å². The van der Waals surface area contributed by atoms with E-state index in [0.717, 1.165) is 28.7 Å². The maximum Gasteiger partial charge on any atom is 0.0922 e. The predicted molar refractivity (Wildman–Crippen MR) is 98.3 cm³/mol. The van der Waals surface area contributed by atoms with Crippen molar-refractivity contribution in [3.63, 3.8) is 0 Å². The van der Waals surface area contributed by atoms with Gasteiger partial charge in [-0.2, -0.15) is 0 Å². The zero-order valence-electron chi connectivity index (χ0n) is 14.2. The van der Waals surface area contributed by atoms with Gasteiger partial charge in [-0.05, 0) is 55.2 Å². The van der Waals surface area contributed by atoms with Gasteiger partial charge in [-0.3, -0.25) is 9.97 Å². The molecule has 4 aromatic rings. The Labute approximate surface area is 141 Å². The standard InChI is InChI=1S/C21H19N3/c1-13-6-9-19-21(14(13)2)24-18(12-23-19)11-17-8-7-16-5-4-10-22-20(16)15(17)3/h4-10,12H,11H2,1-3H3. The molecule has 3 nitrogen and oxygen atoms in total. The highest BCUT2D eigenvalue weighted by Crippen LogP contribution is 2.23. The van der Waals surface area contributed by atoms with Gasteiger partial charge >= 0.3 is 0 Å². The predicted octanol–water partition coefficient (Wildman–Crippen LogP) is 4.69. The van der Waals surface area contributed by atoms with Gasteiger partial charge in [0.1, 0.15) is 0 Å². The number of rotatable bonds is 2. The van der Waals surface area contributed by atoms with Crippen LogP contribution in [-0.4, -0.2) is 15.0 Å². The van der Waals surface area contributed by atoms with Crippen LogP contribution in [0.25, 0.3) is 21.9 Å². The first kappa shape index (κ1) is 14.8. The van der Waals surface area contributed by atoms with Crippen LogP contribution in [0.5, 0.6) is 0 Å². The minimum absolute atomic E-state index is 0.772. The Hall–Kier alpha value is -2.81. The first-order valence-electron chi connectivity index (χ1n) is 8.18. The molecule has 0 spiro atoms. The molecule has 24 heavy (non-hydrogen) atoms. The molecule has 3 heteroatoms. The third-order valence-electron chi connectivity index (χ3n) is 4.80. The number of aromatic nitrogens is 3. The van der Waals surface area contributed by atoms with E-state index in [2.05, 4.69) is 55.0 Å². The van der Waals surface area contributed by atoms with Gasteiger partial charge in [-0.25, -0.2) is 4.98 Å². The fraction of sp³-hybridized carbons (Fsp3) is 0.190. The van der Waals surface area contributed by atoms with Gasteiger partial charge in [0.15, 0.2) is 0 Å². The fourth-order valence-electron chi connectivity index (χ4n) is 3.15. The summed E-state index contributed by atoms with van der Waals surface area (Å²) in [6, 6.07) is 12.5. The number of hydrogen-bond donors (Lipinski definition) is 0. The normalized spacial score (nSPS) is 11.3. The fourth-order valence-corrected chi connectivity index (χ4v) is 3.15. The quantitative estimate of drug-likeness (QED) is 0.538. The minimum Gasteiger partial charge on any atom is -0.256 e. The lowest BCUT2D eigenvalue weighted by molar-refractivity contribution is 1.05. The van der Waals surface area contributed by atoms with Gasteiger partial charge in [0.05, 0.1) is 22.2 Å². The van der Waals surface area contributed by atoms with Crippen molar-refractivity contribution in [3.05, 3.63) is 76.7 Å². The SMILES string of the molecule is Cc1ccc2ncc(Cc3ccc4cccnc4c3C)nc2c1C. The lowest BCUT2D eigenvalue weighted by atomic mass is 10.0. The summed E-state index contributed by atoms with van der Waals surface area (Å²) in [5.41, 5.74) is 8.95. The van der Waals surface area contributed by atoms with Gasteiger partial charge in [0, 0.05) is 24.2 Å². The van der Waals surface area contributed by atoms with Crippen LogP contribution < -0.4 is 0 Å². The second-order valence-corrected chi connectivity index (χ2v) is 6.34. The Balaban J connectivity index is 1.79. The van der Waals surface area contributed by atoms with Gasteiger partial charge in [-0.15, -0.1) is 0 Å². The van der Waals surface area contributed by atoms with E-state index in [-0.39, 0.29) is 0 Å². The van der Waals surface area contributed by atoms with Crippen LogP contribution in [0.1, 0.15) is 27.9 Å². The number of aryl methyl sites for hydroxylation is 3. The molecule has 0 aliphatic carbocycles. The van der Waals surface area contributed by atoms with Gasteiger partial charge in [-0.1, -0.05) is 24.3 Å². The lowest BCUT2D eigenvalue weighted by Gasteiger charge is -2.10. The number of benzene rings is 2. The van der Waals surface area contributed by atoms with Crippen molar-refractivity contribution in [1.29, 1.82) is 0 Å². The van der Waals surface area contributed by atoms with Crippen molar-refractivity contribution in [3.8, 4) is 0 Å². The molecule has 2 aromatic carbocycles. The van der Waals surface area contributed by atoms with Crippen molar-refractivity contribution in [2.45, 2.75) is 27.2 Å². The first-order valence-corrected chi connectivity index (χ1v) is 8.18. The average molecular weight is 313 g/mol. The van der Waals surface area contributed by atoms with E-state index < -0.39 is 0 Å². The highest BCUT2D eigenvalue weighted by Gasteiger charge is 2.09. The van der Waals surface area contributed by atoms with Crippen molar-refractivity contribution < 1.29 is 0 Å². The molecule has 0 fully saturated rings. The maximum absolute atomic E-state index is 4.87. The van der Waals surface area contributed by atoms with E-state index in [1.165, 1.54) is 27.6 Å². The van der Waals surface area contributed by atoms with Crippen LogP contribution in [0.4, 0.5) is 0 Å². The number of hydrogen-bond acceptors (Lipinski definition) is 3. The van der Waals surface area contributed by atoms with Crippen molar-refractivity contribution in [2.24, 2.45) is 0 Å².